The molecule has 0 aliphatic carbocycles. The summed E-state index contributed by atoms with van der Waals surface area (Å²) in [5.74, 6) is -2.55. The van der Waals surface area contributed by atoms with Gasteiger partial charge in [0.15, 0.2) is 11.6 Å². The number of nitrogens with zero attached hydrogens (tertiary/aromatic N) is 1. The largest absolute Gasteiger partial charge is 0.308 e. The summed E-state index contributed by atoms with van der Waals surface area (Å²) in [5.41, 5.74) is -0.375. The van der Waals surface area contributed by atoms with Crippen LogP contribution in [0.4, 0.5) is 14.5 Å². The first-order valence-electron chi connectivity index (χ1n) is 6.44. The van der Waals surface area contributed by atoms with E-state index in [0.29, 0.717) is 11.6 Å². The van der Waals surface area contributed by atoms with E-state index in [4.69, 9.17) is 5.41 Å². The lowest BCUT2D eigenvalue weighted by Gasteiger charge is -2.05. The highest BCUT2D eigenvalue weighted by molar-refractivity contribution is 15.0. The first kappa shape index (κ1) is 24.3. The van der Waals surface area contributed by atoms with E-state index >= 15 is 0 Å². The number of benzene rings is 1. The fraction of sp³-hybridized carbons (Fsp3) is 0.267. The number of non-ortho nitro benzene ring substituents is 1. The van der Waals surface area contributed by atoms with Gasteiger partial charge >= 0.3 is 0 Å². The predicted octanol–water partition coefficient (Wildman–Crippen LogP) is 6.67. The summed E-state index contributed by atoms with van der Waals surface area (Å²) in [5, 5.41) is 17.7. The molecule has 0 atom stereocenters. The van der Waals surface area contributed by atoms with Crippen LogP contribution in [0.5, 0.6) is 0 Å². The van der Waals surface area contributed by atoms with Crippen LogP contribution in [0.25, 0.3) is 5.57 Å². The van der Waals surface area contributed by atoms with Gasteiger partial charge in [0.25, 0.3) is 5.69 Å². The van der Waals surface area contributed by atoms with Gasteiger partial charge in [0.05, 0.1) is 11.0 Å². The minimum atomic E-state index is -1.33. The molecule has 0 heterocycles. The maximum Gasteiger partial charge on any atom is 0.273 e. The minimum Gasteiger partial charge on any atom is -0.308 e. The van der Waals surface area contributed by atoms with Crippen molar-refractivity contribution in [1.82, 2.24) is 0 Å². The molecular formula is C15H18F2I2N2O2. The van der Waals surface area contributed by atoms with Gasteiger partial charge in [0.2, 0.25) is 0 Å². The number of hydrogen-bond acceptors (Lipinski definition) is 3. The van der Waals surface area contributed by atoms with Crippen LogP contribution in [-0.4, -0.2) is 11.1 Å². The van der Waals surface area contributed by atoms with Crippen LogP contribution < -0.4 is 0 Å². The number of hydrogen-bond donors (Lipinski definition) is 1. The number of nitrogens with one attached hydrogen (secondary N) is 1. The molecule has 4 nitrogen and oxygen atoms in total. The van der Waals surface area contributed by atoms with Gasteiger partial charge in [-0.25, -0.2) is 8.78 Å². The Morgan fingerprint density at radius 1 is 1.39 bits per heavy atom. The third kappa shape index (κ3) is 9.08. The van der Waals surface area contributed by atoms with E-state index in [1.807, 2.05) is 0 Å². The summed E-state index contributed by atoms with van der Waals surface area (Å²) in [6.45, 7) is 9.40. The van der Waals surface area contributed by atoms with E-state index in [1.165, 1.54) is 12.5 Å². The van der Waals surface area contributed by atoms with Crippen LogP contribution in [0.15, 0.2) is 30.4 Å². The van der Waals surface area contributed by atoms with E-state index in [1.54, 1.807) is 6.92 Å². The van der Waals surface area contributed by atoms with Crippen LogP contribution in [0, 0.1) is 27.2 Å². The normalized spacial score (nSPS) is 9.78. The molecule has 0 bridgehead atoms. The zero-order valence-corrected chi connectivity index (χ0v) is 17.3. The molecule has 0 aliphatic heterocycles. The van der Waals surface area contributed by atoms with Crippen molar-refractivity contribution in [3.63, 3.8) is 0 Å². The van der Waals surface area contributed by atoms with Crippen LogP contribution in [0.3, 0.4) is 0 Å². The summed E-state index contributed by atoms with van der Waals surface area (Å²) in [7, 11) is 0. The van der Waals surface area contributed by atoms with Gasteiger partial charge in [-0.15, -0.1) is 0 Å². The highest BCUT2D eigenvalue weighted by Gasteiger charge is 2.18. The average molecular weight is 550 g/mol. The van der Waals surface area contributed by atoms with Crippen molar-refractivity contribution in [2.75, 3.05) is 0 Å². The zero-order valence-electron chi connectivity index (χ0n) is 13.0. The van der Waals surface area contributed by atoms with Gasteiger partial charge in [-0.05, 0) is 6.92 Å². The molecule has 0 unspecified atom stereocenters. The molecule has 0 saturated carbocycles. The monoisotopic (exact) mass is 550 g/mol. The summed E-state index contributed by atoms with van der Waals surface area (Å²) in [4.78, 5) is 9.75. The van der Waals surface area contributed by atoms with Crippen LogP contribution >= 0.6 is 37.2 Å². The van der Waals surface area contributed by atoms with Crippen molar-refractivity contribution < 1.29 is 13.7 Å². The Balaban J connectivity index is 0. The van der Waals surface area contributed by atoms with Crippen LogP contribution in [0.2, 0.25) is 0 Å². The number of rotatable bonds is 4. The fourth-order valence-corrected chi connectivity index (χ4v) is 1.35. The molecule has 128 valence electrons. The van der Waals surface area contributed by atoms with Crippen molar-refractivity contribution in [2.24, 2.45) is 0 Å². The van der Waals surface area contributed by atoms with E-state index in [2.05, 4.69) is 57.7 Å². The first-order valence-corrected chi connectivity index (χ1v) is 12.7. The van der Waals surface area contributed by atoms with Crippen molar-refractivity contribution >= 4 is 54.7 Å². The second-order valence-electron chi connectivity index (χ2n) is 4.34. The van der Waals surface area contributed by atoms with Gasteiger partial charge < -0.3 is 5.41 Å². The molecule has 1 N–H and O–H groups in total. The number of nitro groups is 1. The molecular weight excluding hydrogens is 532 g/mol. The highest BCUT2D eigenvalue weighted by atomic mass is 128. The molecule has 8 heteroatoms. The quantitative estimate of drug-likeness (QED) is 0.150. The predicted molar refractivity (Wildman–Crippen MR) is 109 cm³/mol. The maximum absolute atomic E-state index is 13.6. The molecule has 23 heavy (non-hydrogen) atoms. The van der Waals surface area contributed by atoms with Crippen LogP contribution in [-0.2, 0) is 0 Å². The summed E-state index contributed by atoms with van der Waals surface area (Å²) < 4.78 is 26.8. The Hall–Kier alpha value is -0.910. The molecule has 0 amide bonds. The SMILES string of the molecule is C=C(C)/C=C(\C=N)c1cc([N+](=O)[O-])cc(F)c1F.CCC.II. The van der Waals surface area contributed by atoms with Gasteiger partial charge in [-0.1, -0.05) is 38.5 Å². The molecule has 1 aromatic rings. The number of nitro benzene ring substituents is 1. The molecule has 0 fully saturated rings. The highest BCUT2D eigenvalue weighted by Crippen LogP contribution is 2.25. The Morgan fingerprint density at radius 2 is 1.87 bits per heavy atom. The third-order valence-electron chi connectivity index (χ3n) is 2.09. The average Bonchev–Trinajstić information content (AvgIpc) is 2.50. The summed E-state index contributed by atoms with van der Waals surface area (Å²) in [6, 6.07) is 1.39. The lowest BCUT2D eigenvalue weighted by Crippen LogP contribution is -1.99. The Morgan fingerprint density at radius 3 is 2.22 bits per heavy atom. The third-order valence-corrected chi connectivity index (χ3v) is 2.09. The molecule has 0 aromatic heterocycles. The second kappa shape index (κ2) is 13.5. The van der Waals surface area contributed by atoms with E-state index in [9.17, 15) is 18.9 Å². The smallest absolute Gasteiger partial charge is 0.273 e. The lowest BCUT2D eigenvalue weighted by atomic mass is 10.0. The van der Waals surface area contributed by atoms with Crippen molar-refractivity contribution in [1.29, 1.82) is 5.41 Å². The number of allylic oxidation sites excluding steroid dienone is 3. The summed E-state index contributed by atoms with van der Waals surface area (Å²) in [6.07, 6.45) is 3.38. The van der Waals surface area contributed by atoms with Crippen molar-refractivity contribution in [3.05, 3.63) is 57.7 Å². The minimum absolute atomic E-state index is 0.0163. The second-order valence-corrected chi connectivity index (χ2v) is 4.34. The molecule has 0 radical (unpaired) electrons. The first-order chi connectivity index (χ1) is 10.8. The Labute approximate surface area is 158 Å². The van der Waals surface area contributed by atoms with Gasteiger partial charge in [-0.2, -0.15) is 0 Å². The lowest BCUT2D eigenvalue weighted by molar-refractivity contribution is -0.385. The molecule has 1 rings (SSSR count). The zero-order chi connectivity index (χ0) is 18.6. The van der Waals surface area contributed by atoms with E-state index < -0.39 is 22.2 Å². The van der Waals surface area contributed by atoms with Gasteiger partial charge in [-0.3, -0.25) is 10.1 Å². The standard InChI is InChI=1S/C12H10F2N2O2.C3H8.I2/c1-7(2)3-8(6-15)10-4-9(16(17)18)5-11(13)12(10)14;1-3-2;1-2/h3-6,15H,1H2,2H3;3H2,1-2H3;/b8-3+,15-6?;;. The van der Waals surface area contributed by atoms with Crippen LogP contribution in [0.1, 0.15) is 32.8 Å². The summed E-state index contributed by atoms with van der Waals surface area (Å²) >= 11 is 4.24. The van der Waals surface area contributed by atoms with Gasteiger partial charge in [0.1, 0.15) is 0 Å². The molecule has 0 spiro atoms. The fourth-order valence-electron chi connectivity index (χ4n) is 1.35. The van der Waals surface area contributed by atoms with Crippen molar-refractivity contribution in [3.8, 4) is 0 Å². The van der Waals surface area contributed by atoms with Gasteiger partial charge in [0, 0.05) is 60.6 Å². The van der Waals surface area contributed by atoms with E-state index in [0.717, 1.165) is 12.3 Å². The molecule has 1 aromatic carbocycles. The Kier molecular flexibility index (Phi) is 14.3. The molecule has 0 saturated heterocycles. The van der Waals surface area contributed by atoms with Crippen molar-refractivity contribution in [2.45, 2.75) is 27.2 Å². The number of halogens is 4. The molecule has 0 aliphatic rings. The maximum atomic E-state index is 13.6. The topological polar surface area (TPSA) is 67.0 Å². The van der Waals surface area contributed by atoms with E-state index in [-0.39, 0.29) is 11.1 Å². The Bertz CT molecular complexity index is 591.